The summed E-state index contributed by atoms with van der Waals surface area (Å²) in [5, 5.41) is 10.3. The average molecular weight is 316 g/mol. The molecule has 0 spiro atoms. The molecule has 6 heteroatoms. The lowest BCUT2D eigenvalue weighted by molar-refractivity contribution is -0.140. The quantitative estimate of drug-likeness (QED) is 0.657. The molecular formula is C15H12F4OS. The molecule has 0 saturated heterocycles. The monoisotopic (exact) mass is 316 g/mol. The zero-order valence-electron chi connectivity index (χ0n) is 11.0. The predicted octanol–water partition coefficient (Wildman–Crippen LogP) is 4.65. The van der Waals surface area contributed by atoms with Crippen molar-refractivity contribution in [3.63, 3.8) is 0 Å². The molecule has 0 saturated carbocycles. The van der Waals surface area contributed by atoms with E-state index < -0.39 is 23.7 Å². The van der Waals surface area contributed by atoms with Crippen LogP contribution in [0, 0.1) is 5.82 Å². The van der Waals surface area contributed by atoms with Gasteiger partial charge in [0.05, 0.1) is 5.56 Å². The van der Waals surface area contributed by atoms with Crippen LogP contribution in [-0.2, 0) is 6.18 Å². The van der Waals surface area contributed by atoms with Gasteiger partial charge < -0.3 is 5.11 Å². The molecule has 1 N–H and O–H groups in total. The topological polar surface area (TPSA) is 20.2 Å². The molecule has 1 atom stereocenters. The number of benzene rings is 2. The highest BCUT2D eigenvalue weighted by atomic mass is 32.2. The largest absolute Gasteiger partial charge is 0.419 e. The van der Waals surface area contributed by atoms with E-state index in [9.17, 15) is 22.7 Å². The van der Waals surface area contributed by atoms with E-state index in [1.807, 2.05) is 6.26 Å². The van der Waals surface area contributed by atoms with E-state index in [0.717, 1.165) is 17.0 Å². The van der Waals surface area contributed by atoms with Crippen LogP contribution >= 0.6 is 11.8 Å². The Morgan fingerprint density at radius 2 is 1.76 bits per heavy atom. The highest BCUT2D eigenvalue weighted by Gasteiger charge is 2.34. The standard InChI is InChI=1S/C15H12F4OS/c1-21-13-5-3-2-4-10(13)14(20)9-6-7-11(12(16)8-9)15(17,18)19/h2-8,14,20H,1H3. The average Bonchev–Trinajstić information content (AvgIpc) is 2.45. The van der Waals surface area contributed by atoms with Gasteiger partial charge in [-0.1, -0.05) is 24.3 Å². The zero-order valence-corrected chi connectivity index (χ0v) is 11.8. The van der Waals surface area contributed by atoms with Gasteiger partial charge in [-0.25, -0.2) is 4.39 Å². The number of thioether (sulfide) groups is 1. The van der Waals surface area contributed by atoms with Crippen LogP contribution in [0.2, 0.25) is 0 Å². The molecule has 2 aromatic rings. The molecule has 0 aromatic heterocycles. The van der Waals surface area contributed by atoms with Crippen molar-refractivity contribution in [3.8, 4) is 0 Å². The minimum atomic E-state index is -4.75. The fourth-order valence-electron chi connectivity index (χ4n) is 2.00. The SMILES string of the molecule is CSc1ccccc1C(O)c1ccc(C(F)(F)F)c(F)c1. The van der Waals surface area contributed by atoms with E-state index in [1.165, 1.54) is 11.8 Å². The van der Waals surface area contributed by atoms with E-state index in [1.54, 1.807) is 24.3 Å². The molecule has 0 aliphatic heterocycles. The van der Waals surface area contributed by atoms with Gasteiger partial charge in [-0.05, 0) is 35.6 Å². The van der Waals surface area contributed by atoms with Gasteiger partial charge in [0.2, 0.25) is 0 Å². The van der Waals surface area contributed by atoms with Gasteiger partial charge in [0.15, 0.2) is 0 Å². The van der Waals surface area contributed by atoms with Crippen molar-refractivity contribution in [2.45, 2.75) is 17.2 Å². The predicted molar refractivity (Wildman–Crippen MR) is 73.7 cm³/mol. The molecule has 0 fully saturated rings. The fourth-order valence-corrected chi connectivity index (χ4v) is 2.63. The van der Waals surface area contributed by atoms with Crippen molar-refractivity contribution >= 4 is 11.8 Å². The van der Waals surface area contributed by atoms with Crippen LogP contribution in [-0.4, -0.2) is 11.4 Å². The summed E-state index contributed by atoms with van der Waals surface area (Å²) in [6.07, 6.45) is -4.10. The van der Waals surface area contributed by atoms with Gasteiger partial charge in [0.1, 0.15) is 11.9 Å². The molecule has 0 heterocycles. The maximum atomic E-state index is 13.6. The Labute approximate surface area is 123 Å². The normalized spacial score (nSPS) is 13.2. The lowest BCUT2D eigenvalue weighted by Gasteiger charge is -2.16. The third kappa shape index (κ3) is 3.39. The van der Waals surface area contributed by atoms with Crippen molar-refractivity contribution < 1.29 is 22.7 Å². The Bertz CT molecular complexity index is 640. The lowest BCUT2D eigenvalue weighted by Crippen LogP contribution is -2.10. The van der Waals surface area contributed by atoms with Crippen LogP contribution in [0.4, 0.5) is 17.6 Å². The Morgan fingerprint density at radius 1 is 1.10 bits per heavy atom. The second kappa shape index (κ2) is 6.07. The van der Waals surface area contributed by atoms with Gasteiger partial charge in [-0.2, -0.15) is 13.2 Å². The number of hydrogen-bond donors (Lipinski definition) is 1. The molecular weight excluding hydrogens is 304 g/mol. The molecule has 1 nitrogen and oxygen atoms in total. The first-order valence-electron chi connectivity index (χ1n) is 6.02. The zero-order chi connectivity index (χ0) is 15.6. The number of alkyl halides is 3. The molecule has 21 heavy (non-hydrogen) atoms. The number of halogens is 4. The summed E-state index contributed by atoms with van der Waals surface area (Å²) in [7, 11) is 0. The maximum Gasteiger partial charge on any atom is 0.419 e. The minimum absolute atomic E-state index is 0.0852. The van der Waals surface area contributed by atoms with Crippen LogP contribution in [0.1, 0.15) is 22.8 Å². The second-order valence-corrected chi connectivity index (χ2v) is 5.23. The van der Waals surface area contributed by atoms with Gasteiger partial charge >= 0.3 is 6.18 Å². The van der Waals surface area contributed by atoms with Gasteiger partial charge in [0, 0.05) is 4.90 Å². The van der Waals surface area contributed by atoms with E-state index in [4.69, 9.17) is 0 Å². The molecule has 0 amide bonds. The van der Waals surface area contributed by atoms with Crippen LogP contribution in [0.5, 0.6) is 0 Å². The molecule has 1 unspecified atom stereocenters. The van der Waals surface area contributed by atoms with Gasteiger partial charge in [0.25, 0.3) is 0 Å². The molecule has 0 bridgehead atoms. The third-order valence-electron chi connectivity index (χ3n) is 3.05. The third-order valence-corrected chi connectivity index (χ3v) is 3.86. The van der Waals surface area contributed by atoms with Gasteiger partial charge in [-0.3, -0.25) is 0 Å². The highest BCUT2D eigenvalue weighted by Crippen LogP contribution is 2.35. The number of hydrogen-bond acceptors (Lipinski definition) is 2. The summed E-state index contributed by atoms with van der Waals surface area (Å²) >= 11 is 1.40. The van der Waals surface area contributed by atoms with Crippen LogP contribution in [0.25, 0.3) is 0 Å². The molecule has 112 valence electrons. The first kappa shape index (κ1) is 15.9. The van der Waals surface area contributed by atoms with E-state index in [0.29, 0.717) is 11.6 Å². The summed E-state index contributed by atoms with van der Waals surface area (Å²) < 4.78 is 51.1. The van der Waals surface area contributed by atoms with Crippen molar-refractivity contribution in [1.29, 1.82) is 0 Å². The minimum Gasteiger partial charge on any atom is -0.384 e. The Kier molecular flexibility index (Phi) is 4.58. The summed E-state index contributed by atoms with van der Waals surface area (Å²) in [6, 6.07) is 9.40. The lowest BCUT2D eigenvalue weighted by atomic mass is 10.00. The maximum absolute atomic E-state index is 13.6. The number of aliphatic hydroxyl groups excluding tert-OH is 1. The molecule has 0 aliphatic carbocycles. The molecule has 2 rings (SSSR count). The fraction of sp³-hybridized carbons (Fsp3) is 0.200. The van der Waals surface area contributed by atoms with Crippen molar-refractivity contribution in [3.05, 3.63) is 65.0 Å². The highest BCUT2D eigenvalue weighted by molar-refractivity contribution is 7.98. The van der Waals surface area contributed by atoms with E-state index >= 15 is 0 Å². The van der Waals surface area contributed by atoms with Crippen LogP contribution < -0.4 is 0 Å². The van der Waals surface area contributed by atoms with Crippen molar-refractivity contribution in [1.82, 2.24) is 0 Å². The number of aliphatic hydroxyl groups is 1. The second-order valence-electron chi connectivity index (χ2n) is 4.38. The van der Waals surface area contributed by atoms with Crippen molar-refractivity contribution in [2.75, 3.05) is 6.26 Å². The molecule has 0 aliphatic rings. The molecule has 2 aromatic carbocycles. The molecule has 0 radical (unpaired) electrons. The van der Waals surface area contributed by atoms with Crippen LogP contribution in [0.15, 0.2) is 47.4 Å². The first-order chi connectivity index (χ1) is 9.84. The smallest absolute Gasteiger partial charge is 0.384 e. The number of rotatable bonds is 3. The summed E-state index contributed by atoms with van der Waals surface area (Å²) in [6.45, 7) is 0. The van der Waals surface area contributed by atoms with E-state index in [2.05, 4.69) is 0 Å². The summed E-state index contributed by atoms with van der Waals surface area (Å²) in [4.78, 5) is 0.783. The first-order valence-corrected chi connectivity index (χ1v) is 7.24. The summed E-state index contributed by atoms with van der Waals surface area (Å²) in [5.41, 5.74) is -0.720. The Morgan fingerprint density at radius 3 is 2.33 bits per heavy atom. The van der Waals surface area contributed by atoms with Crippen LogP contribution in [0.3, 0.4) is 0 Å². The van der Waals surface area contributed by atoms with E-state index in [-0.39, 0.29) is 5.56 Å². The van der Waals surface area contributed by atoms with Crippen molar-refractivity contribution in [2.24, 2.45) is 0 Å². The Balaban J connectivity index is 2.41. The Hall–Kier alpha value is -1.53. The summed E-state index contributed by atoms with van der Waals surface area (Å²) in [5.74, 6) is -1.39. The van der Waals surface area contributed by atoms with Gasteiger partial charge in [-0.15, -0.1) is 11.8 Å².